The number of hydrogen-bond acceptors (Lipinski definition) is 5. The molecule has 0 heterocycles. The fourth-order valence-corrected chi connectivity index (χ4v) is 1.87. The first-order valence-electron chi connectivity index (χ1n) is 5.49. The van der Waals surface area contributed by atoms with E-state index in [0.717, 1.165) is 6.42 Å². The predicted molar refractivity (Wildman–Crippen MR) is 58.2 cm³/mol. The van der Waals surface area contributed by atoms with Gasteiger partial charge in [-0.05, 0) is 13.3 Å². The maximum absolute atomic E-state index is 10.3. The van der Waals surface area contributed by atoms with Crippen LogP contribution in [0.1, 0.15) is 13.3 Å². The Labute approximate surface area is 95.4 Å². The lowest BCUT2D eigenvalue weighted by atomic mass is 9.85. The molecule has 1 amide bonds. The highest BCUT2D eigenvalue weighted by Gasteiger charge is 2.41. The van der Waals surface area contributed by atoms with E-state index >= 15 is 0 Å². The normalized spacial score (nSPS) is 28.5. The van der Waals surface area contributed by atoms with Gasteiger partial charge in [-0.15, -0.1) is 0 Å². The minimum atomic E-state index is -0.745. The van der Waals surface area contributed by atoms with Gasteiger partial charge >= 0.3 is 6.09 Å². The molecule has 6 heteroatoms. The van der Waals surface area contributed by atoms with E-state index in [1.807, 2.05) is 6.92 Å². The monoisotopic (exact) mass is 232 g/mol. The Morgan fingerprint density at radius 1 is 1.56 bits per heavy atom. The number of amides is 1. The van der Waals surface area contributed by atoms with Crippen LogP contribution < -0.4 is 11.1 Å². The van der Waals surface area contributed by atoms with Gasteiger partial charge in [-0.1, -0.05) is 0 Å². The largest absolute Gasteiger partial charge is 0.448 e. The molecule has 3 unspecified atom stereocenters. The van der Waals surface area contributed by atoms with Crippen molar-refractivity contribution in [1.29, 1.82) is 0 Å². The van der Waals surface area contributed by atoms with Gasteiger partial charge in [0.1, 0.15) is 6.61 Å². The second-order valence-corrected chi connectivity index (χ2v) is 3.66. The molecule has 1 rings (SSSR count). The topological polar surface area (TPSA) is 82.8 Å². The van der Waals surface area contributed by atoms with Crippen molar-refractivity contribution in [2.75, 3.05) is 26.9 Å². The predicted octanol–water partition coefficient (Wildman–Crippen LogP) is -0.136. The Bertz CT molecular complexity index is 225. The van der Waals surface area contributed by atoms with Crippen LogP contribution in [0.3, 0.4) is 0 Å². The molecule has 94 valence electrons. The number of primary amides is 1. The van der Waals surface area contributed by atoms with E-state index in [1.54, 1.807) is 7.11 Å². The van der Waals surface area contributed by atoms with E-state index in [-0.39, 0.29) is 24.9 Å². The molecule has 0 aromatic rings. The van der Waals surface area contributed by atoms with Gasteiger partial charge in [-0.3, -0.25) is 0 Å². The minimum absolute atomic E-state index is 0.0773. The van der Waals surface area contributed by atoms with Crippen LogP contribution in [-0.2, 0) is 14.2 Å². The lowest BCUT2D eigenvalue weighted by Gasteiger charge is -2.43. The zero-order valence-electron chi connectivity index (χ0n) is 9.77. The fourth-order valence-electron chi connectivity index (χ4n) is 1.87. The van der Waals surface area contributed by atoms with E-state index < -0.39 is 6.09 Å². The number of methoxy groups -OCH3 is 1. The van der Waals surface area contributed by atoms with E-state index in [1.165, 1.54) is 0 Å². The van der Waals surface area contributed by atoms with Crippen LogP contribution in [0.4, 0.5) is 4.79 Å². The Balaban J connectivity index is 2.12. The third-order valence-electron chi connectivity index (χ3n) is 2.66. The first-order chi connectivity index (χ1) is 7.69. The number of rotatable bonds is 7. The van der Waals surface area contributed by atoms with Crippen molar-refractivity contribution in [3.8, 4) is 0 Å². The molecule has 3 atom stereocenters. The highest BCUT2D eigenvalue weighted by Crippen LogP contribution is 2.26. The number of carbonyl (C=O) groups is 1. The molecule has 0 aromatic carbocycles. The van der Waals surface area contributed by atoms with Crippen LogP contribution in [0.5, 0.6) is 0 Å². The van der Waals surface area contributed by atoms with E-state index in [9.17, 15) is 4.79 Å². The summed E-state index contributed by atoms with van der Waals surface area (Å²) in [7, 11) is 1.67. The SMILES string of the molecule is CCOC1CC(NCCOC(N)=O)C1OC. The molecule has 3 N–H and O–H groups in total. The van der Waals surface area contributed by atoms with Gasteiger partial charge in [0.15, 0.2) is 0 Å². The van der Waals surface area contributed by atoms with Gasteiger partial charge in [0.2, 0.25) is 0 Å². The summed E-state index contributed by atoms with van der Waals surface area (Å²) in [5.74, 6) is 0. The Hall–Kier alpha value is -0.850. The molecule has 1 aliphatic rings. The fraction of sp³-hybridized carbons (Fsp3) is 0.900. The average molecular weight is 232 g/mol. The van der Waals surface area contributed by atoms with Crippen LogP contribution in [0.2, 0.25) is 0 Å². The molecule has 16 heavy (non-hydrogen) atoms. The zero-order chi connectivity index (χ0) is 12.0. The summed E-state index contributed by atoms with van der Waals surface area (Å²) in [6, 6.07) is 0.262. The van der Waals surface area contributed by atoms with Crippen LogP contribution in [0.25, 0.3) is 0 Å². The number of nitrogens with one attached hydrogen (secondary N) is 1. The van der Waals surface area contributed by atoms with Crippen molar-refractivity contribution in [3.63, 3.8) is 0 Å². The van der Waals surface area contributed by atoms with Crippen LogP contribution >= 0.6 is 0 Å². The Morgan fingerprint density at radius 3 is 2.88 bits per heavy atom. The number of carbonyl (C=O) groups excluding carboxylic acids is 1. The highest BCUT2D eigenvalue weighted by molar-refractivity contribution is 5.64. The van der Waals surface area contributed by atoms with Crippen molar-refractivity contribution in [3.05, 3.63) is 0 Å². The summed E-state index contributed by atoms with van der Waals surface area (Å²) in [6.45, 7) is 3.52. The summed E-state index contributed by atoms with van der Waals surface area (Å²) < 4.78 is 15.4. The molecular formula is C10H20N2O4. The molecule has 0 bridgehead atoms. The molecule has 0 saturated heterocycles. The van der Waals surface area contributed by atoms with Gasteiger partial charge in [-0.25, -0.2) is 4.79 Å². The lowest BCUT2D eigenvalue weighted by Crippen LogP contribution is -2.60. The maximum atomic E-state index is 10.3. The average Bonchev–Trinajstić information content (AvgIpc) is 2.21. The highest BCUT2D eigenvalue weighted by atomic mass is 16.5. The molecule has 1 aliphatic carbocycles. The van der Waals surface area contributed by atoms with E-state index in [4.69, 9.17) is 15.2 Å². The second-order valence-electron chi connectivity index (χ2n) is 3.66. The first-order valence-corrected chi connectivity index (χ1v) is 5.49. The van der Waals surface area contributed by atoms with Crippen LogP contribution in [0, 0.1) is 0 Å². The minimum Gasteiger partial charge on any atom is -0.448 e. The van der Waals surface area contributed by atoms with Gasteiger partial charge in [0.05, 0.1) is 12.2 Å². The first kappa shape index (κ1) is 13.2. The van der Waals surface area contributed by atoms with Crippen LogP contribution in [-0.4, -0.2) is 51.2 Å². The molecular weight excluding hydrogens is 212 g/mol. The van der Waals surface area contributed by atoms with Crippen LogP contribution in [0.15, 0.2) is 0 Å². The van der Waals surface area contributed by atoms with E-state index in [0.29, 0.717) is 13.2 Å². The van der Waals surface area contributed by atoms with Crippen molar-refractivity contribution in [2.24, 2.45) is 5.73 Å². The third-order valence-corrected chi connectivity index (χ3v) is 2.66. The molecule has 0 aliphatic heterocycles. The zero-order valence-corrected chi connectivity index (χ0v) is 9.77. The molecule has 0 spiro atoms. The molecule has 0 radical (unpaired) electrons. The Kier molecular flexibility index (Phi) is 5.51. The summed E-state index contributed by atoms with van der Waals surface area (Å²) in [5, 5.41) is 3.23. The maximum Gasteiger partial charge on any atom is 0.404 e. The molecule has 1 saturated carbocycles. The summed E-state index contributed by atoms with van der Waals surface area (Å²) in [5.41, 5.74) is 4.84. The second kappa shape index (κ2) is 6.67. The number of ether oxygens (including phenoxy) is 3. The summed E-state index contributed by atoms with van der Waals surface area (Å²) >= 11 is 0. The van der Waals surface area contributed by atoms with Gasteiger partial charge in [-0.2, -0.15) is 0 Å². The summed E-state index contributed by atoms with van der Waals surface area (Å²) in [4.78, 5) is 10.3. The summed E-state index contributed by atoms with van der Waals surface area (Å²) in [6.07, 6.45) is 0.423. The van der Waals surface area contributed by atoms with Crippen molar-refractivity contribution in [2.45, 2.75) is 31.6 Å². The van der Waals surface area contributed by atoms with Gasteiger partial charge in [0, 0.05) is 26.3 Å². The van der Waals surface area contributed by atoms with E-state index in [2.05, 4.69) is 10.1 Å². The molecule has 0 aromatic heterocycles. The quantitative estimate of drug-likeness (QED) is 0.597. The van der Waals surface area contributed by atoms with Gasteiger partial charge < -0.3 is 25.3 Å². The number of nitrogens with two attached hydrogens (primary N) is 1. The van der Waals surface area contributed by atoms with Crippen molar-refractivity contribution < 1.29 is 19.0 Å². The lowest BCUT2D eigenvalue weighted by molar-refractivity contribution is -0.131. The number of hydrogen-bond donors (Lipinski definition) is 2. The Morgan fingerprint density at radius 2 is 2.31 bits per heavy atom. The van der Waals surface area contributed by atoms with Gasteiger partial charge in [0.25, 0.3) is 0 Å². The smallest absolute Gasteiger partial charge is 0.404 e. The van der Waals surface area contributed by atoms with Crippen molar-refractivity contribution >= 4 is 6.09 Å². The molecule has 1 fully saturated rings. The molecule has 6 nitrogen and oxygen atoms in total. The third kappa shape index (κ3) is 3.62. The standard InChI is InChI=1S/C10H20N2O4/c1-3-15-8-6-7(9(8)14-2)12-4-5-16-10(11)13/h7-9,12H,3-6H2,1-2H3,(H2,11,13). The van der Waals surface area contributed by atoms with Crippen molar-refractivity contribution in [1.82, 2.24) is 5.32 Å².